The lowest BCUT2D eigenvalue weighted by atomic mass is 10.2. The number of nitrogens with zero attached hydrogens (tertiary/aromatic N) is 2. The summed E-state index contributed by atoms with van der Waals surface area (Å²) in [5.74, 6) is 0.103. The summed E-state index contributed by atoms with van der Waals surface area (Å²) >= 11 is 0. The van der Waals surface area contributed by atoms with E-state index in [4.69, 9.17) is 4.52 Å². The predicted molar refractivity (Wildman–Crippen MR) is 92.6 cm³/mol. The van der Waals surface area contributed by atoms with E-state index in [9.17, 15) is 9.59 Å². The van der Waals surface area contributed by atoms with Crippen LogP contribution >= 0.6 is 0 Å². The summed E-state index contributed by atoms with van der Waals surface area (Å²) in [7, 11) is 0. The van der Waals surface area contributed by atoms with Crippen molar-refractivity contribution < 1.29 is 14.1 Å². The topological polar surface area (TPSA) is 97.1 Å². The lowest BCUT2D eigenvalue weighted by Crippen LogP contribution is -2.17. The lowest BCUT2D eigenvalue weighted by Gasteiger charge is -2.07. The molecule has 3 aromatic rings. The number of aromatic nitrogens is 2. The molecule has 0 aliphatic rings. The van der Waals surface area contributed by atoms with Crippen LogP contribution in [0.2, 0.25) is 0 Å². The van der Waals surface area contributed by atoms with Gasteiger partial charge >= 0.3 is 0 Å². The largest absolute Gasteiger partial charge is 0.360 e. The summed E-state index contributed by atoms with van der Waals surface area (Å²) in [4.78, 5) is 28.6. The van der Waals surface area contributed by atoms with Crippen molar-refractivity contribution in [3.8, 4) is 0 Å². The van der Waals surface area contributed by atoms with Crippen molar-refractivity contribution in [2.24, 2.45) is 0 Å². The van der Waals surface area contributed by atoms with Gasteiger partial charge in [-0.05, 0) is 43.7 Å². The van der Waals surface area contributed by atoms with Gasteiger partial charge in [0.15, 0.2) is 5.82 Å². The Morgan fingerprint density at radius 3 is 2.56 bits per heavy atom. The number of carbonyl (C=O) groups is 2. The zero-order valence-corrected chi connectivity index (χ0v) is 13.7. The van der Waals surface area contributed by atoms with Gasteiger partial charge in [-0.25, -0.2) is 0 Å². The van der Waals surface area contributed by atoms with Crippen molar-refractivity contribution in [1.82, 2.24) is 10.1 Å². The molecule has 0 radical (unpaired) electrons. The number of pyridine rings is 1. The molecule has 0 spiro atoms. The van der Waals surface area contributed by atoms with Gasteiger partial charge in [-0.15, -0.1) is 0 Å². The summed E-state index contributed by atoms with van der Waals surface area (Å²) in [5.41, 5.74) is 2.14. The summed E-state index contributed by atoms with van der Waals surface area (Å²) in [5, 5.41) is 9.06. The number of aryl methyl sites for hydroxylation is 2. The molecule has 25 heavy (non-hydrogen) atoms. The average Bonchev–Trinajstić information content (AvgIpc) is 3.00. The Morgan fingerprint density at radius 2 is 1.84 bits per heavy atom. The van der Waals surface area contributed by atoms with Gasteiger partial charge in [0.05, 0.1) is 0 Å². The van der Waals surface area contributed by atoms with Crippen LogP contribution in [-0.4, -0.2) is 22.0 Å². The fraction of sp³-hybridized carbons (Fsp3) is 0.111. The van der Waals surface area contributed by atoms with Crippen molar-refractivity contribution in [1.29, 1.82) is 0 Å². The molecule has 126 valence electrons. The van der Waals surface area contributed by atoms with E-state index in [0.29, 0.717) is 22.8 Å². The van der Waals surface area contributed by atoms with Gasteiger partial charge < -0.3 is 15.2 Å². The first-order valence-electron chi connectivity index (χ1n) is 7.60. The molecule has 7 heteroatoms. The van der Waals surface area contributed by atoms with Gasteiger partial charge in [0.25, 0.3) is 11.8 Å². The molecule has 1 aromatic carbocycles. The highest BCUT2D eigenvalue weighted by Gasteiger charge is 2.13. The Balaban J connectivity index is 1.74. The Morgan fingerprint density at radius 1 is 1.00 bits per heavy atom. The van der Waals surface area contributed by atoms with E-state index >= 15 is 0 Å². The Bertz CT molecular complexity index is 933. The first-order chi connectivity index (χ1) is 12.0. The fourth-order valence-electron chi connectivity index (χ4n) is 2.23. The number of hydrogen-bond acceptors (Lipinski definition) is 5. The summed E-state index contributed by atoms with van der Waals surface area (Å²) in [6.45, 7) is 3.66. The van der Waals surface area contributed by atoms with Gasteiger partial charge in [0.1, 0.15) is 11.5 Å². The van der Waals surface area contributed by atoms with Crippen molar-refractivity contribution in [2.75, 3.05) is 10.6 Å². The molecule has 7 nitrogen and oxygen atoms in total. The molecule has 0 fully saturated rings. The van der Waals surface area contributed by atoms with Crippen LogP contribution in [0.3, 0.4) is 0 Å². The molecule has 0 aliphatic heterocycles. The molecule has 2 heterocycles. The third-order valence-corrected chi connectivity index (χ3v) is 3.40. The minimum Gasteiger partial charge on any atom is -0.360 e. The third-order valence-electron chi connectivity index (χ3n) is 3.40. The molecular weight excluding hydrogens is 320 g/mol. The molecule has 0 saturated heterocycles. The second-order valence-electron chi connectivity index (χ2n) is 5.53. The second-order valence-corrected chi connectivity index (χ2v) is 5.53. The molecule has 0 atom stereocenters. The summed E-state index contributed by atoms with van der Waals surface area (Å²) in [6.07, 6.45) is 1.41. The number of nitrogens with one attached hydrogen (secondary N) is 2. The Kier molecular flexibility index (Phi) is 4.56. The smallest absolute Gasteiger partial charge is 0.274 e. The van der Waals surface area contributed by atoms with Gasteiger partial charge in [-0.3, -0.25) is 14.6 Å². The van der Waals surface area contributed by atoms with Crippen LogP contribution in [0.1, 0.15) is 32.2 Å². The number of rotatable bonds is 4. The van der Waals surface area contributed by atoms with Crippen molar-refractivity contribution in [3.63, 3.8) is 0 Å². The zero-order chi connectivity index (χ0) is 17.8. The number of carbonyl (C=O) groups excluding carboxylic acids is 2. The molecule has 0 saturated carbocycles. The first kappa shape index (κ1) is 16.4. The monoisotopic (exact) mass is 336 g/mol. The van der Waals surface area contributed by atoms with Gasteiger partial charge in [-0.1, -0.05) is 17.3 Å². The Hall–Kier alpha value is -3.48. The molecule has 2 N–H and O–H groups in total. The number of hydrogen-bond donors (Lipinski definition) is 2. The standard InChI is InChI=1S/C18H16N4O3/c1-11-4-3-5-14(8-11)20-18(24)15-10-13(6-7-19-15)17(23)21-16-9-12(2)25-22-16/h3-10H,1-2H3,(H,20,24)(H,21,22,23). The molecule has 2 amide bonds. The first-order valence-corrected chi connectivity index (χ1v) is 7.60. The van der Waals surface area contributed by atoms with Gasteiger partial charge in [0, 0.05) is 23.5 Å². The Labute approximate surface area is 144 Å². The van der Waals surface area contributed by atoms with Crippen LogP contribution in [-0.2, 0) is 0 Å². The zero-order valence-electron chi connectivity index (χ0n) is 13.7. The van der Waals surface area contributed by atoms with E-state index in [1.54, 1.807) is 19.1 Å². The molecular formula is C18H16N4O3. The van der Waals surface area contributed by atoms with Crippen molar-refractivity contribution in [3.05, 3.63) is 71.2 Å². The molecule has 0 bridgehead atoms. The van der Waals surface area contributed by atoms with E-state index in [1.807, 2.05) is 25.1 Å². The van der Waals surface area contributed by atoms with Gasteiger partial charge in [-0.2, -0.15) is 0 Å². The van der Waals surface area contributed by atoms with Crippen LogP contribution in [0, 0.1) is 13.8 Å². The minimum atomic E-state index is -0.402. The number of anilines is 2. The van der Waals surface area contributed by atoms with E-state index in [1.165, 1.54) is 18.3 Å². The average molecular weight is 336 g/mol. The minimum absolute atomic E-state index is 0.144. The van der Waals surface area contributed by atoms with Gasteiger partial charge in [0.2, 0.25) is 0 Å². The molecule has 2 aromatic heterocycles. The summed E-state index contributed by atoms with van der Waals surface area (Å²) < 4.78 is 4.90. The maximum absolute atomic E-state index is 12.3. The quantitative estimate of drug-likeness (QED) is 0.762. The molecule has 3 rings (SSSR count). The predicted octanol–water partition coefficient (Wildman–Crippen LogP) is 3.19. The summed E-state index contributed by atoms with van der Waals surface area (Å²) in [6, 6.07) is 12.0. The van der Waals surface area contributed by atoms with Crippen molar-refractivity contribution in [2.45, 2.75) is 13.8 Å². The van der Waals surface area contributed by atoms with Crippen molar-refractivity contribution >= 4 is 23.3 Å². The molecule has 0 aliphatic carbocycles. The maximum Gasteiger partial charge on any atom is 0.274 e. The number of benzene rings is 1. The third kappa shape index (κ3) is 4.08. The normalized spacial score (nSPS) is 10.3. The highest BCUT2D eigenvalue weighted by Crippen LogP contribution is 2.13. The van der Waals surface area contributed by atoms with E-state index in [-0.39, 0.29) is 5.69 Å². The van der Waals surface area contributed by atoms with Crippen LogP contribution in [0.15, 0.2) is 53.2 Å². The highest BCUT2D eigenvalue weighted by molar-refractivity contribution is 6.07. The highest BCUT2D eigenvalue weighted by atomic mass is 16.5. The SMILES string of the molecule is Cc1cccc(NC(=O)c2cc(C(=O)Nc3cc(C)on3)ccn2)c1. The van der Waals surface area contributed by atoms with E-state index in [2.05, 4.69) is 20.8 Å². The maximum atomic E-state index is 12.3. The second kappa shape index (κ2) is 6.96. The fourth-order valence-corrected chi connectivity index (χ4v) is 2.23. The van der Waals surface area contributed by atoms with E-state index < -0.39 is 11.8 Å². The van der Waals surface area contributed by atoms with Crippen LogP contribution in [0.4, 0.5) is 11.5 Å². The van der Waals surface area contributed by atoms with Crippen LogP contribution < -0.4 is 10.6 Å². The van der Waals surface area contributed by atoms with E-state index in [0.717, 1.165) is 5.56 Å². The lowest BCUT2D eigenvalue weighted by molar-refractivity contribution is 0.102. The molecule has 0 unspecified atom stereocenters. The van der Waals surface area contributed by atoms with Crippen LogP contribution in [0.5, 0.6) is 0 Å². The van der Waals surface area contributed by atoms with Crippen LogP contribution in [0.25, 0.3) is 0 Å². The number of amides is 2.